The first-order chi connectivity index (χ1) is 16.0. The van der Waals surface area contributed by atoms with E-state index in [4.69, 9.17) is 0 Å². The molecule has 8 nitrogen and oxygen atoms in total. The maximum absolute atomic E-state index is 14.5. The number of aromatic nitrogens is 4. The predicted octanol–water partition coefficient (Wildman–Crippen LogP) is 3.43. The van der Waals surface area contributed by atoms with Crippen LogP contribution in [-0.4, -0.2) is 31.2 Å². The van der Waals surface area contributed by atoms with Crippen molar-refractivity contribution in [2.24, 2.45) is 0 Å². The smallest absolute Gasteiger partial charge is 0.323 e. The van der Waals surface area contributed by atoms with Crippen molar-refractivity contribution >= 4 is 45.3 Å². The number of anilines is 1. The van der Waals surface area contributed by atoms with Crippen LogP contribution in [0.3, 0.4) is 0 Å². The van der Waals surface area contributed by atoms with Crippen LogP contribution in [-0.2, 0) is 4.79 Å². The van der Waals surface area contributed by atoms with Crippen LogP contribution in [0.5, 0.6) is 0 Å². The number of para-hydroxylation sites is 2. The van der Waals surface area contributed by atoms with Gasteiger partial charge in [-0.15, -0.1) is 0 Å². The first kappa shape index (κ1) is 20.7. The minimum atomic E-state index is -0.572. The molecule has 10 heteroatoms. The Balaban J connectivity index is 1.45. The zero-order valence-electron chi connectivity index (χ0n) is 17.0. The van der Waals surface area contributed by atoms with E-state index in [1.807, 2.05) is 0 Å². The van der Waals surface area contributed by atoms with Gasteiger partial charge < -0.3 is 15.3 Å². The summed E-state index contributed by atoms with van der Waals surface area (Å²) in [6.07, 6.45) is 0. The predicted molar refractivity (Wildman–Crippen MR) is 126 cm³/mol. The molecule has 3 N–H and O–H groups in total. The van der Waals surface area contributed by atoms with Gasteiger partial charge in [-0.05, 0) is 42.5 Å². The lowest BCUT2D eigenvalue weighted by molar-refractivity contribution is -0.113. The van der Waals surface area contributed by atoms with Gasteiger partial charge in [0.05, 0.1) is 33.4 Å². The van der Waals surface area contributed by atoms with Gasteiger partial charge in [0.25, 0.3) is 5.56 Å². The fourth-order valence-electron chi connectivity index (χ4n) is 3.49. The molecule has 0 fully saturated rings. The van der Waals surface area contributed by atoms with E-state index in [2.05, 4.69) is 20.3 Å². The third kappa shape index (κ3) is 4.03. The van der Waals surface area contributed by atoms with Crippen LogP contribution >= 0.6 is 11.8 Å². The lowest BCUT2D eigenvalue weighted by Gasteiger charge is -2.14. The Morgan fingerprint density at radius 2 is 1.76 bits per heavy atom. The maximum atomic E-state index is 14.5. The summed E-state index contributed by atoms with van der Waals surface area (Å²) in [5, 5.41) is 3.30. The first-order valence-electron chi connectivity index (χ1n) is 9.91. The summed E-state index contributed by atoms with van der Waals surface area (Å²) in [6.45, 7) is 0. The first-order valence-corrected chi connectivity index (χ1v) is 10.9. The summed E-state index contributed by atoms with van der Waals surface area (Å²) in [4.78, 5) is 47.0. The van der Waals surface area contributed by atoms with Crippen molar-refractivity contribution in [3.63, 3.8) is 0 Å². The zero-order valence-corrected chi connectivity index (χ0v) is 17.8. The summed E-state index contributed by atoms with van der Waals surface area (Å²) in [5.41, 5.74) is 1.45. The van der Waals surface area contributed by atoms with Crippen LogP contribution < -0.4 is 16.6 Å². The molecule has 5 aromatic rings. The summed E-state index contributed by atoms with van der Waals surface area (Å²) < 4.78 is 15.7. The highest BCUT2D eigenvalue weighted by molar-refractivity contribution is 7.99. The normalized spacial score (nSPS) is 11.2. The number of hydrogen-bond acceptors (Lipinski definition) is 5. The van der Waals surface area contributed by atoms with Crippen molar-refractivity contribution in [1.29, 1.82) is 0 Å². The molecule has 3 aromatic carbocycles. The van der Waals surface area contributed by atoms with Gasteiger partial charge in [0, 0.05) is 5.69 Å². The number of imidazole rings is 1. The molecule has 0 aliphatic heterocycles. The number of carbonyl (C=O) groups excluding carboxylic acids is 1. The van der Waals surface area contributed by atoms with Crippen molar-refractivity contribution in [3.8, 4) is 5.69 Å². The van der Waals surface area contributed by atoms with Gasteiger partial charge in [0.15, 0.2) is 5.16 Å². The van der Waals surface area contributed by atoms with Gasteiger partial charge in [0.1, 0.15) is 5.82 Å². The number of H-pyrrole nitrogens is 2. The van der Waals surface area contributed by atoms with Crippen LogP contribution in [0, 0.1) is 5.82 Å². The average molecular weight is 461 g/mol. The second-order valence-corrected chi connectivity index (χ2v) is 8.12. The van der Waals surface area contributed by atoms with E-state index in [-0.39, 0.29) is 28.2 Å². The second-order valence-electron chi connectivity index (χ2n) is 7.18. The molecule has 0 aliphatic rings. The highest BCUT2D eigenvalue weighted by atomic mass is 32.2. The molecule has 33 heavy (non-hydrogen) atoms. The monoisotopic (exact) mass is 461 g/mol. The van der Waals surface area contributed by atoms with Crippen LogP contribution in [0.25, 0.3) is 27.6 Å². The highest BCUT2D eigenvalue weighted by Gasteiger charge is 2.17. The molecule has 1 amide bonds. The molecule has 2 heterocycles. The third-order valence-electron chi connectivity index (χ3n) is 4.97. The molecule has 0 atom stereocenters. The number of benzene rings is 3. The van der Waals surface area contributed by atoms with E-state index in [1.54, 1.807) is 48.5 Å². The second kappa shape index (κ2) is 8.40. The molecule has 0 saturated carbocycles. The molecule has 0 bridgehead atoms. The Bertz CT molecular complexity index is 1640. The van der Waals surface area contributed by atoms with E-state index in [9.17, 15) is 18.8 Å². The van der Waals surface area contributed by atoms with Gasteiger partial charge in [0.2, 0.25) is 5.91 Å². The Morgan fingerprint density at radius 3 is 2.61 bits per heavy atom. The van der Waals surface area contributed by atoms with Gasteiger partial charge >= 0.3 is 5.69 Å². The average Bonchev–Trinajstić information content (AvgIpc) is 3.18. The number of nitrogens with zero attached hydrogens (tertiary/aromatic N) is 2. The van der Waals surface area contributed by atoms with E-state index in [1.165, 1.54) is 22.8 Å². The zero-order chi connectivity index (χ0) is 22.9. The van der Waals surface area contributed by atoms with Crippen molar-refractivity contribution in [2.45, 2.75) is 5.16 Å². The molecule has 0 saturated heterocycles. The number of thioether (sulfide) groups is 1. The molecule has 0 aliphatic carbocycles. The lowest BCUT2D eigenvalue weighted by atomic mass is 10.2. The highest BCUT2D eigenvalue weighted by Crippen LogP contribution is 2.23. The maximum Gasteiger partial charge on any atom is 0.323 e. The number of carbonyl (C=O) groups is 1. The number of fused-ring (bicyclic) bond motifs is 2. The Kier molecular flexibility index (Phi) is 5.27. The van der Waals surface area contributed by atoms with Gasteiger partial charge in [-0.3, -0.25) is 14.2 Å². The third-order valence-corrected chi connectivity index (χ3v) is 5.91. The summed E-state index contributed by atoms with van der Waals surface area (Å²) in [6, 6.07) is 17.7. The molecule has 2 aromatic heterocycles. The lowest BCUT2D eigenvalue weighted by Crippen LogP contribution is -2.23. The largest absolute Gasteiger partial charge is 0.325 e. The van der Waals surface area contributed by atoms with Crippen LogP contribution in [0.4, 0.5) is 10.1 Å². The van der Waals surface area contributed by atoms with E-state index in [0.29, 0.717) is 27.6 Å². The molecule has 0 spiro atoms. The molecular formula is C23H16FN5O3S. The fraction of sp³-hybridized carbons (Fsp3) is 0.0435. The molecular weight excluding hydrogens is 445 g/mol. The summed E-state index contributed by atoms with van der Waals surface area (Å²) in [7, 11) is 0. The number of rotatable bonds is 5. The van der Waals surface area contributed by atoms with Crippen LogP contribution in [0.1, 0.15) is 0 Å². The number of halogens is 1. The van der Waals surface area contributed by atoms with E-state index in [0.717, 1.165) is 11.8 Å². The molecule has 0 unspecified atom stereocenters. The van der Waals surface area contributed by atoms with E-state index >= 15 is 0 Å². The Morgan fingerprint density at radius 1 is 1.00 bits per heavy atom. The number of aromatic amines is 2. The summed E-state index contributed by atoms with van der Waals surface area (Å²) in [5.74, 6) is -0.988. The number of amides is 1. The van der Waals surface area contributed by atoms with Crippen molar-refractivity contribution in [2.75, 3.05) is 11.1 Å². The number of hydrogen-bond donors (Lipinski definition) is 3. The SMILES string of the molecule is O=C(CSc1nc2ccccc2c(=O)n1-c1ccccc1F)Nc1ccc2[nH]c(=O)[nH]c2c1. The van der Waals surface area contributed by atoms with Crippen molar-refractivity contribution in [3.05, 3.63) is 93.4 Å². The van der Waals surface area contributed by atoms with Gasteiger partial charge in [-0.25, -0.2) is 14.2 Å². The van der Waals surface area contributed by atoms with Crippen molar-refractivity contribution in [1.82, 2.24) is 19.5 Å². The molecule has 0 radical (unpaired) electrons. The topological polar surface area (TPSA) is 113 Å². The number of nitrogens with one attached hydrogen (secondary N) is 3. The van der Waals surface area contributed by atoms with Gasteiger partial charge in [-0.2, -0.15) is 0 Å². The van der Waals surface area contributed by atoms with Crippen LogP contribution in [0.2, 0.25) is 0 Å². The van der Waals surface area contributed by atoms with Crippen LogP contribution in [0.15, 0.2) is 81.5 Å². The minimum Gasteiger partial charge on any atom is -0.325 e. The summed E-state index contributed by atoms with van der Waals surface area (Å²) >= 11 is 1.02. The Labute approximate surface area is 189 Å². The van der Waals surface area contributed by atoms with Crippen molar-refractivity contribution < 1.29 is 9.18 Å². The Hall–Kier alpha value is -4.18. The minimum absolute atomic E-state index is 0.0607. The molecule has 164 valence electrons. The standard InChI is InChI=1S/C23H16FN5O3S/c24-15-6-2-4-8-19(15)29-21(31)14-5-1-3-7-16(14)28-23(29)33-12-20(30)25-13-9-10-17-18(11-13)27-22(32)26-17/h1-11H,12H2,(H,25,30)(H2,26,27,32). The molecule has 5 rings (SSSR count). The van der Waals surface area contributed by atoms with E-state index < -0.39 is 11.4 Å². The quantitative estimate of drug-likeness (QED) is 0.274. The fourth-order valence-corrected chi connectivity index (χ4v) is 4.30. The van der Waals surface area contributed by atoms with Gasteiger partial charge in [-0.1, -0.05) is 36.0 Å².